The molecule has 1 N–H and O–H groups in total. The first-order chi connectivity index (χ1) is 9.10. The summed E-state index contributed by atoms with van der Waals surface area (Å²) in [5.41, 5.74) is 2.59. The topological polar surface area (TPSA) is 23.5 Å². The Morgan fingerprint density at radius 1 is 1.16 bits per heavy atom. The van der Waals surface area contributed by atoms with E-state index in [9.17, 15) is 9.50 Å². The Hall–Kier alpha value is -1.39. The van der Waals surface area contributed by atoms with Gasteiger partial charge in [-0.05, 0) is 35.9 Å². The van der Waals surface area contributed by atoms with Crippen LogP contribution >= 0.6 is 15.9 Å². The molecule has 2 nitrogen and oxygen atoms in total. The van der Waals surface area contributed by atoms with Gasteiger partial charge in [0.2, 0.25) is 0 Å². The predicted octanol–water partition coefficient (Wildman–Crippen LogP) is 3.72. The molecule has 0 saturated heterocycles. The zero-order valence-corrected chi connectivity index (χ0v) is 12.2. The van der Waals surface area contributed by atoms with Gasteiger partial charge in [0.15, 0.2) is 0 Å². The van der Waals surface area contributed by atoms with Crippen molar-refractivity contribution in [3.05, 3.63) is 63.9 Å². The second kappa shape index (κ2) is 6.17. The summed E-state index contributed by atoms with van der Waals surface area (Å²) in [5, 5.41) is 9.29. The summed E-state index contributed by atoms with van der Waals surface area (Å²) in [7, 11) is 1.93. The van der Waals surface area contributed by atoms with E-state index in [1.807, 2.05) is 36.2 Å². The van der Waals surface area contributed by atoms with Crippen LogP contribution in [0, 0.1) is 5.82 Å². The van der Waals surface area contributed by atoms with Gasteiger partial charge in [0.1, 0.15) is 5.82 Å². The van der Waals surface area contributed by atoms with E-state index in [1.54, 1.807) is 6.07 Å². The van der Waals surface area contributed by atoms with E-state index in [4.69, 9.17) is 0 Å². The third-order valence-corrected chi connectivity index (χ3v) is 3.48. The zero-order chi connectivity index (χ0) is 13.8. The van der Waals surface area contributed by atoms with Gasteiger partial charge in [-0.2, -0.15) is 0 Å². The number of rotatable bonds is 4. The van der Waals surface area contributed by atoms with Crippen LogP contribution in [0.2, 0.25) is 0 Å². The highest BCUT2D eigenvalue weighted by Gasteiger charge is 2.08. The number of anilines is 1. The second-order valence-corrected chi connectivity index (χ2v) is 5.33. The Bertz CT molecular complexity index is 557. The van der Waals surface area contributed by atoms with Gasteiger partial charge in [-0.15, -0.1) is 0 Å². The van der Waals surface area contributed by atoms with Crippen molar-refractivity contribution < 1.29 is 9.50 Å². The molecule has 0 aliphatic heterocycles. The molecule has 0 fully saturated rings. The van der Waals surface area contributed by atoms with Crippen LogP contribution in [0.25, 0.3) is 0 Å². The monoisotopic (exact) mass is 323 g/mol. The number of aliphatic hydroxyl groups is 1. The standard InChI is InChI=1S/C15H15BrFNO/c1-18(9-11-2-4-13(16)5-3-11)15-7-6-14(17)8-12(15)10-19/h2-8,19H,9-10H2,1H3. The quantitative estimate of drug-likeness (QED) is 0.927. The van der Waals surface area contributed by atoms with E-state index < -0.39 is 0 Å². The van der Waals surface area contributed by atoms with E-state index in [1.165, 1.54) is 12.1 Å². The molecule has 0 amide bonds. The number of benzene rings is 2. The third kappa shape index (κ3) is 3.55. The summed E-state index contributed by atoms with van der Waals surface area (Å²) in [5.74, 6) is -0.329. The Kier molecular flexibility index (Phi) is 4.56. The molecule has 19 heavy (non-hydrogen) atoms. The lowest BCUT2D eigenvalue weighted by Crippen LogP contribution is -2.18. The highest BCUT2D eigenvalue weighted by Crippen LogP contribution is 2.22. The number of hydrogen-bond donors (Lipinski definition) is 1. The number of nitrogens with zero attached hydrogens (tertiary/aromatic N) is 1. The first kappa shape index (κ1) is 14.0. The largest absolute Gasteiger partial charge is 0.392 e. The molecule has 0 unspecified atom stereocenters. The lowest BCUT2D eigenvalue weighted by atomic mass is 10.1. The van der Waals surface area contributed by atoms with Gasteiger partial charge in [-0.3, -0.25) is 0 Å². The van der Waals surface area contributed by atoms with Crippen molar-refractivity contribution in [3.8, 4) is 0 Å². The van der Waals surface area contributed by atoms with E-state index in [2.05, 4.69) is 15.9 Å². The summed E-state index contributed by atoms with van der Waals surface area (Å²) in [6, 6.07) is 12.5. The fraction of sp³-hybridized carbons (Fsp3) is 0.200. The van der Waals surface area contributed by atoms with Gasteiger partial charge in [0, 0.05) is 29.3 Å². The highest BCUT2D eigenvalue weighted by atomic mass is 79.9. The molecule has 4 heteroatoms. The molecule has 0 spiro atoms. The normalized spacial score (nSPS) is 10.5. The van der Waals surface area contributed by atoms with Crippen molar-refractivity contribution in [2.75, 3.05) is 11.9 Å². The molecular weight excluding hydrogens is 309 g/mol. The van der Waals surface area contributed by atoms with Gasteiger partial charge < -0.3 is 10.0 Å². The van der Waals surface area contributed by atoms with Crippen molar-refractivity contribution in [3.63, 3.8) is 0 Å². The molecule has 0 radical (unpaired) electrons. The summed E-state index contributed by atoms with van der Waals surface area (Å²) in [4.78, 5) is 1.99. The van der Waals surface area contributed by atoms with E-state index in [0.717, 1.165) is 15.7 Å². The molecule has 0 atom stereocenters. The van der Waals surface area contributed by atoms with Crippen LogP contribution in [0.4, 0.5) is 10.1 Å². The predicted molar refractivity (Wildman–Crippen MR) is 78.6 cm³/mol. The van der Waals surface area contributed by atoms with Crippen LogP contribution in [0.15, 0.2) is 46.9 Å². The molecule has 0 aromatic heterocycles. The van der Waals surface area contributed by atoms with Crippen LogP contribution in [0.3, 0.4) is 0 Å². The summed E-state index contributed by atoms with van der Waals surface area (Å²) in [6.07, 6.45) is 0. The van der Waals surface area contributed by atoms with Crippen LogP contribution in [0.5, 0.6) is 0 Å². The van der Waals surface area contributed by atoms with Crippen molar-refractivity contribution in [2.45, 2.75) is 13.2 Å². The molecule has 0 saturated carbocycles. The lowest BCUT2D eigenvalue weighted by Gasteiger charge is -2.22. The van der Waals surface area contributed by atoms with Crippen molar-refractivity contribution in [1.82, 2.24) is 0 Å². The SMILES string of the molecule is CN(Cc1ccc(Br)cc1)c1ccc(F)cc1CO. The zero-order valence-electron chi connectivity index (χ0n) is 10.6. The first-order valence-electron chi connectivity index (χ1n) is 5.95. The van der Waals surface area contributed by atoms with Crippen LogP contribution in [-0.2, 0) is 13.2 Å². The molecule has 2 rings (SSSR count). The minimum atomic E-state index is -0.329. The van der Waals surface area contributed by atoms with Crippen molar-refractivity contribution >= 4 is 21.6 Å². The Balaban J connectivity index is 2.19. The summed E-state index contributed by atoms with van der Waals surface area (Å²) in [6.45, 7) is 0.531. The molecule has 0 bridgehead atoms. The summed E-state index contributed by atoms with van der Waals surface area (Å²) < 4.78 is 14.2. The van der Waals surface area contributed by atoms with Crippen molar-refractivity contribution in [2.24, 2.45) is 0 Å². The van der Waals surface area contributed by atoms with Crippen LogP contribution in [0.1, 0.15) is 11.1 Å². The average Bonchev–Trinajstić information content (AvgIpc) is 2.41. The molecule has 0 heterocycles. The number of aliphatic hydroxyl groups excluding tert-OH is 1. The van der Waals surface area contributed by atoms with E-state index >= 15 is 0 Å². The van der Waals surface area contributed by atoms with Gasteiger partial charge >= 0.3 is 0 Å². The van der Waals surface area contributed by atoms with Crippen LogP contribution < -0.4 is 4.90 Å². The van der Waals surface area contributed by atoms with E-state index in [-0.39, 0.29) is 12.4 Å². The molecular formula is C15H15BrFNO. The van der Waals surface area contributed by atoms with E-state index in [0.29, 0.717) is 12.1 Å². The lowest BCUT2D eigenvalue weighted by molar-refractivity contribution is 0.281. The second-order valence-electron chi connectivity index (χ2n) is 4.41. The van der Waals surface area contributed by atoms with Crippen molar-refractivity contribution in [1.29, 1.82) is 0 Å². The Morgan fingerprint density at radius 2 is 1.84 bits per heavy atom. The van der Waals surface area contributed by atoms with Gasteiger partial charge in [-0.1, -0.05) is 28.1 Å². The molecule has 100 valence electrons. The highest BCUT2D eigenvalue weighted by molar-refractivity contribution is 9.10. The molecule has 0 aliphatic rings. The maximum absolute atomic E-state index is 13.1. The third-order valence-electron chi connectivity index (χ3n) is 2.96. The average molecular weight is 324 g/mol. The van der Waals surface area contributed by atoms with Gasteiger partial charge in [-0.25, -0.2) is 4.39 Å². The molecule has 2 aromatic rings. The van der Waals surface area contributed by atoms with Gasteiger partial charge in [0.25, 0.3) is 0 Å². The maximum atomic E-state index is 13.1. The smallest absolute Gasteiger partial charge is 0.123 e. The fourth-order valence-electron chi connectivity index (χ4n) is 2.00. The summed E-state index contributed by atoms with van der Waals surface area (Å²) >= 11 is 3.40. The number of hydrogen-bond acceptors (Lipinski definition) is 2. The van der Waals surface area contributed by atoms with Crippen LogP contribution in [-0.4, -0.2) is 12.2 Å². The number of halogens is 2. The Labute approximate surface area is 120 Å². The van der Waals surface area contributed by atoms with Gasteiger partial charge in [0.05, 0.1) is 6.61 Å². The first-order valence-corrected chi connectivity index (χ1v) is 6.74. The Morgan fingerprint density at radius 3 is 2.47 bits per heavy atom. The minimum Gasteiger partial charge on any atom is -0.392 e. The minimum absolute atomic E-state index is 0.169. The molecule has 0 aliphatic carbocycles. The molecule has 2 aromatic carbocycles. The maximum Gasteiger partial charge on any atom is 0.123 e. The fourth-order valence-corrected chi connectivity index (χ4v) is 2.27.